The van der Waals surface area contributed by atoms with E-state index in [1.54, 1.807) is 7.05 Å². The molecule has 0 N–H and O–H groups in total. The average molecular weight is 490 g/mol. The van der Waals surface area contributed by atoms with Gasteiger partial charge in [-0.15, -0.1) is 0 Å². The molecule has 0 bridgehead atoms. The minimum atomic E-state index is -0.507. The van der Waals surface area contributed by atoms with Crippen LogP contribution >= 0.6 is 0 Å². The Morgan fingerprint density at radius 1 is 1.14 bits per heavy atom. The average Bonchev–Trinajstić information content (AvgIpc) is 3.35. The SMILES string of the molecule is CCCc1nc(-c2ccc(N3CCN(c4nc(-c5ccncc5F)cc(=O)n4C)[C@H](C)C3)cc2)no1. The first-order valence-electron chi connectivity index (χ1n) is 12.1. The number of pyridine rings is 1. The summed E-state index contributed by atoms with van der Waals surface area (Å²) in [6, 6.07) is 11.1. The van der Waals surface area contributed by atoms with Gasteiger partial charge in [0, 0.05) is 68.2 Å². The predicted molar refractivity (Wildman–Crippen MR) is 135 cm³/mol. The Kier molecular flexibility index (Phi) is 6.49. The standard InChI is InChI=1S/C26H28FN7O2/c1-4-5-23-30-25(31-36-23)18-6-8-19(9-7-18)33-12-13-34(17(2)16-33)26-29-22(14-24(35)32(26)3)20-10-11-28-15-21(20)27/h6-11,14-15,17H,4-5,12-13,16H2,1-3H3/t17-/m1/s1. The van der Waals surface area contributed by atoms with Gasteiger partial charge in [0.1, 0.15) is 0 Å². The molecule has 0 unspecified atom stereocenters. The number of anilines is 2. The normalized spacial score (nSPS) is 15.9. The minimum absolute atomic E-state index is 0.0721. The summed E-state index contributed by atoms with van der Waals surface area (Å²) in [6.07, 6.45) is 4.35. The molecule has 9 nitrogen and oxygen atoms in total. The summed E-state index contributed by atoms with van der Waals surface area (Å²) in [4.78, 5) is 30.0. The van der Waals surface area contributed by atoms with Crippen LogP contribution in [0.4, 0.5) is 16.0 Å². The highest BCUT2D eigenvalue weighted by atomic mass is 19.1. The zero-order valence-corrected chi connectivity index (χ0v) is 20.6. The smallest absolute Gasteiger partial charge is 0.255 e. The molecule has 1 atom stereocenters. The first-order chi connectivity index (χ1) is 17.4. The molecule has 1 aromatic carbocycles. The number of halogens is 1. The largest absolute Gasteiger partial charge is 0.368 e. The summed E-state index contributed by atoms with van der Waals surface area (Å²) in [5.74, 6) is 1.27. The number of piperazine rings is 1. The molecule has 0 aliphatic carbocycles. The van der Waals surface area contributed by atoms with Crippen LogP contribution in [0.3, 0.4) is 0 Å². The van der Waals surface area contributed by atoms with Gasteiger partial charge in [-0.3, -0.25) is 14.3 Å². The number of hydrogen-bond acceptors (Lipinski definition) is 8. The van der Waals surface area contributed by atoms with Crippen LogP contribution in [-0.4, -0.2) is 50.4 Å². The van der Waals surface area contributed by atoms with Crippen molar-refractivity contribution in [3.8, 4) is 22.6 Å². The molecule has 5 rings (SSSR count). The Balaban J connectivity index is 1.34. The van der Waals surface area contributed by atoms with E-state index in [1.165, 1.54) is 22.9 Å². The summed E-state index contributed by atoms with van der Waals surface area (Å²) in [6.45, 7) is 6.33. The molecule has 1 aliphatic heterocycles. The van der Waals surface area contributed by atoms with E-state index >= 15 is 0 Å². The molecule has 4 heterocycles. The maximum atomic E-state index is 14.3. The number of benzene rings is 1. The second-order valence-corrected chi connectivity index (χ2v) is 8.99. The number of nitrogens with zero attached hydrogens (tertiary/aromatic N) is 7. The van der Waals surface area contributed by atoms with Crippen LogP contribution in [0.5, 0.6) is 0 Å². The Hall–Kier alpha value is -4.08. The zero-order chi connectivity index (χ0) is 25.2. The van der Waals surface area contributed by atoms with E-state index in [9.17, 15) is 9.18 Å². The van der Waals surface area contributed by atoms with Gasteiger partial charge in [0.15, 0.2) is 5.82 Å². The third-order valence-electron chi connectivity index (χ3n) is 6.47. The number of aryl methyl sites for hydroxylation is 1. The molecular weight excluding hydrogens is 461 g/mol. The first-order valence-corrected chi connectivity index (χ1v) is 12.1. The van der Waals surface area contributed by atoms with Crippen molar-refractivity contribution in [1.29, 1.82) is 0 Å². The van der Waals surface area contributed by atoms with Gasteiger partial charge in [0.25, 0.3) is 5.56 Å². The Bertz CT molecular complexity index is 1420. The molecule has 36 heavy (non-hydrogen) atoms. The van der Waals surface area contributed by atoms with E-state index < -0.39 is 5.82 Å². The molecule has 0 radical (unpaired) electrons. The maximum absolute atomic E-state index is 14.3. The van der Waals surface area contributed by atoms with Crippen LogP contribution in [0.15, 0.2) is 58.1 Å². The molecule has 10 heteroatoms. The van der Waals surface area contributed by atoms with Crippen molar-refractivity contribution in [3.05, 3.63) is 70.9 Å². The van der Waals surface area contributed by atoms with Gasteiger partial charge in [0.2, 0.25) is 17.7 Å². The van der Waals surface area contributed by atoms with Crippen molar-refractivity contribution in [1.82, 2.24) is 24.7 Å². The molecule has 1 fully saturated rings. The summed E-state index contributed by atoms with van der Waals surface area (Å²) < 4.78 is 21.1. The van der Waals surface area contributed by atoms with Crippen molar-refractivity contribution >= 4 is 11.6 Å². The van der Waals surface area contributed by atoms with Crippen LogP contribution < -0.4 is 15.4 Å². The van der Waals surface area contributed by atoms with Crippen molar-refractivity contribution in [2.75, 3.05) is 29.4 Å². The van der Waals surface area contributed by atoms with E-state index in [-0.39, 0.29) is 17.2 Å². The predicted octanol–water partition coefficient (Wildman–Crippen LogP) is 3.70. The van der Waals surface area contributed by atoms with E-state index in [2.05, 4.69) is 55.9 Å². The van der Waals surface area contributed by atoms with Gasteiger partial charge in [-0.1, -0.05) is 12.1 Å². The summed E-state index contributed by atoms with van der Waals surface area (Å²) >= 11 is 0. The molecule has 1 aliphatic rings. The Labute approximate surface area is 208 Å². The highest BCUT2D eigenvalue weighted by molar-refractivity contribution is 5.62. The molecular formula is C26H28FN7O2. The lowest BCUT2D eigenvalue weighted by molar-refractivity contribution is 0.378. The van der Waals surface area contributed by atoms with Gasteiger partial charge >= 0.3 is 0 Å². The molecule has 0 spiro atoms. The lowest BCUT2D eigenvalue weighted by atomic mass is 10.1. The van der Waals surface area contributed by atoms with Gasteiger partial charge in [-0.2, -0.15) is 4.98 Å². The number of hydrogen-bond donors (Lipinski definition) is 0. The van der Waals surface area contributed by atoms with Gasteiger partial charge in [0.05, 0.1) is 11.9 Å². The van der Waals surface area contributed by atoms with Crippen LogP contribution in [0, 0.1) is 5.82 Å². The minimum Gasteiger partial charge on any atom is -0.368 e. The second-order valence-electron chi connectivity index (χ2n) is 8.99. The fourth-order valence-corrected chi connectivity index (χ4v) is 4.50. The van der Waals surface area contributed by atoms with Crippen molar-refractivity contribution < 1.29 is 8.91 Å². The second kappa shape index (κ2) is 9.88. The molecule has 0 saturated carbocycles. The van der Waals surface area contributed by atoms with Crippen LogP contribution in [0.2, 0.25) is 0 Å². The topological polar surface area (TPSA) is 93.2 Å². The molecule has 3 aromatic heterocycles. The summed E-state index contributed by atoms with van der Waals surface area (Å²) in [5, 5.41) is 4.08. The number of rotatable bonds is 6. The van der Waals surface area contributed by atoms with E-state index in [4.69, 9.17) is 4.52 Å². The third kappa shape index (κ3) is 4.58. The summed E-state index contributed by atoms with van der Waals surface area (Å²) in [5.41, 5.74) is 2.34. The third-order valence-corrected chi connectivity index (χ3v) is 6.47. The van der Waals surface area contributed by atoms with Gasteiger partial charge < -0.3 is 14.3 Å². The molecule has 4 aromatic rings. The summed E-state index contributed by atoms with van der Waals surface area (Å²) in [7, 11) is 1.69. The lowest BCUT2D eigenvalue weighted by Crippen LogP contribution is -2.53. The van der Waals surface area contributed by atoms with Crippen molar-refractivity contribution in [3.63, 3.8) is 0 Å². The lowest BCUT2D eigenvalue weighted by Gasteiger charge is -2.42. The zero-order valence-electron chi connectivity index (χ0n) is 20.6. The molecule has 1 saturated heterocycles. The van der Waals surface area contributed by atoms with E-state index in [1.807, 2.05) is 12.1 Å². The van der Waals surface area contributed by atoms with Gasteiger partial charge in [-0.25, -0.2) is 9.37 Å². The quantitative estimate of drug-likeness (QED) is 0.405. The number of aromatic nitrogens is 5. The highest BCUT2D eigenvalue weighted by Gasteiger charge is 2.27. The Morgan fingerprint density at radius 3 is 2.67 bits per heavy atom. The van der Waals surface area contributed by atoms with Gasteiger partial charge in [-0.05, 0) is 43.7 Å². The fraction of sp³-hybridized carbons (Fsp3) is 0.346. The van der Waals surface area contributed by atoms with Crippen molar-refractivity contribution in [2.24, 2.45) is 7.05 Å². The monoisotopic (exact) mass is 489 g/mol. The van der Waals surface area contributed by atoms with Crippen LogP contribution in [0.25, 0.3) is 22.6 Å². The first kappa shape index (κ1) is 23.7. The molecule has 186 valence electrons. The van der Waals surface area contributed by atoms with Crippen molar-refractivity contribution in [2.45, 2.75) is 32.7 Å². The van der Waals surface area contributed by atoms with E-state index in [0.717, 1.165) is 43.4 Å². The Morgan fingerprint density at radius 2 is 1.94 bits per heavy atom. The van der Waals surface area contributed by atoms with Crippen LogP contribution in [0.1, 0.15) is 26.2 Å². The van der Waals surface area contributed by atoms with Crippen LogP contribution in [-0.2, 0) is 13.5 Å². The maximum Gasteiger partial charge on any atom is 0.255 e. The van der Waals surface area contributed by atoms with E-state index in [0.29, 0.717) is 29.9 Å². The molecule has 0 amide bonds. The highest BCUT2D eigenvalue weighted by Crippen LogP contribution is 2.27. The fourth-order valence-electron chi connectivity index (χ4n) is 4.50.